The number of halogens is 1. The van der Waals surface area contributed by atoms with E-state index in [0.717, 1.165) is 9.09 Å². The summed E-state index contributed by atoms with van der Waals surface area (Å²) in [6.07, 6.45) is 3.60. The van der Waals surface area contributed by atoms with Crippen LogP contribution in [0.4, 0.5) is 5.95 Å². The molecule has 19 heavy (non-hydrogen) atoms. The van der Waals surface area contributed by atoms with Crippen LogP contribution in [0.3, 0.4) is 0 Å². The SMILES string of the molecule is O=C(Nc1ncc2ccccn12)c1ccccc1I. The Hall–Kier alpha value is -1.89. The number of fused-ring (bicyclic) bond motifs is 1. The molecule has 0 aliphatic rings. The summed E-state index contributed by atoms with van der Waals surface area (Å²) in [5.41, 5.74) is 1.59. The van der Waals surface area contributed by atoms with Crippen LogP contribution in [0.25, 0.3) is 5.52 Å². The van der Waals surface area contributed by atoms with E-state index in [2.05, 4.69) is 32.9 Å². The number of carbonyl (C=O) groups excluding carboxylic acids is 1. The van der Waals surface area contributed by atoms with Crippen LogP contribution in [0.15, 0.2) is 54.9 Å². The van der Waals surface area contributed by atoms with Crippen LogP contribution in [0, 0.1) is 3.57 Å². The minimum absolute atomic E-state index is 0.152. The van der Waals surface area contributed by atoms with Crippen molar-refractivity contribution in [1.29, 1.82) is 0 Å². The molecule has 0 saturated heterocycles. The molecule has 3 rings (SSSR count). The second-order valence-electron chi connectivity index (χ2n) is 4.01. The summed E-state index contributed by atoms with van der Waals surface area (Å²) >= 11 is 2.15. The first-order valence-electron chi connectivity index (χ1n) is 5.74. The Balaban J connectivity index is 1.94. The fraction of sp³-hybridized carbons (Fsp3) is 0. The first kappa shape index (κ1) is 12.2. The molecule has 0 fully saturated rings. The fourth-order valence-corrected chi connectivity index (χ4v) is 2.48. The van der Waals surface area contributed by atoms with E-state index in [1.165, 1.54) is 0 Å². The Kier molecular flexibility index (Phi) is 3.20. The van der Waals surface area contributed by atoms with Gasteiger partial charge in [-0.1, -0.05) is 18.2 Å². The molecule has 2 aromatic heterocycles. The van der Waals surface area contributed by atoms with Crippen molar-refractivity contribution in [2.24, 2.45) is 0 Å². The summed E-state index contributed by atoms with van der Waals surface area (Å²) in [4.78, 5) is 16.4. The standard InChI is InChI=1S/C14H10IN3O/c15-12-7-2-1-6-11(12)13(19)17-14-16-9-10-5-3-4-8-18(10)14/h1-9H,(H,16,17,19). The van der Waals surface area contributed by atoms with Gasteiger partial charge in [-0.05, 0) is 46.9 Å². The molecule has 1 amide bonds. The number of benzene rings is 1. The number of nitrogens with zero attached hydrogens (tertiary/aromatic N) is 2. The van der Waals surface area contributed by atoms with Crippen molar-refractivity contribution in [2.45, 2.75) is 0 Å². The summed E-state index contributed by atoms with van der Waals surface area (Å²) in [5, 5.41) is 2.83. The highest BCUT2D eigenvalue weighted by molar-refractivity contribution is 14.1. The van der Waals surface area contributed by atoms with Crippen molar-refractivity contribution in [2.75, 3.05) is 5.32 Å². The monoisotopic (exact) mass is 363 g/mol. The Morgan fingerprint density at radius 1 is 1.16 bits per heavy atom. The molecule has 0 spiro atoms. The largest absolute Gasteiger partial charge is 0.292 e. The average Bonchev–Trinajstić information content (AvgIpc) is 2.83. The van der Waals surface area contributed by atoms with E-state index in [9.17, 15) is 4.79 Å². The van der Waals surface area contributed by atoms with Crippen LogP contribution < -0.4 is 5.32 Å². The summed E-state index contributed by atoms with van der Waals surface area (Å²) in [5.74, 6) is 0.376. The van der Waals surface area contributed by atoms with E-state index in [0.29, 0.717) is 11.5 Å². The predicted molar refractivity (Wildman–Crippen MR) is 82.3 cm³/mol. The Bertz CT molecular complexity index is 751. The first-order valence-corrected chi connectivity index (χ1v) is 6.81. The lowest BCUT2D eigenvalue weighted by molar-refractivity contribution is 0.102. The van der Waals surface area contributed by atoms with Gasteiger partial charge in [0.25, 0.3) is 5.91 Å². The number of imidazole rings is 1. The smallest absolute Gasteiger partial charge is 0.259 e. The second kappa shape index (κ2) is 5.00. The summed E-state index contributed by atoms with van der Waals surface area (Å²) in [6, 6.07) is 13.2. The van der Waals surface area contributed by atoms with Crippen LogP contribution in [0.1, 0.15) is 10.4 Å². The van der Waals surface area contributed by atoms with E-state index < -0.39 is 0 Å². The van der Waals surface area contributed by atoms with Gasteiger partial charge in [0, 0.05) is 9.77 Å². The quantitative estimate of drug-likeness (QED) is 0.711. The van der Waals surface area contributed by atoms with Crippen molar-refractivity contribution in [3.8, 4) is 0 Å². The van der Waals surface area contributed by atoms with Gasteiger partial charge in [0.1, 0.15) is 0 Å². The first-order chi connectivity index (χ1) is 9.25. The van der Waals surface area contributed by atoms with Crippen molar-refractivity contribution in [3.63, 3.8) is 0 Å². The minimum Gasteiger partial charge on any atom is -0.292 e. The van der Waals surface area contributed by atoms with E-state index in [1.807, 2.05) is 47.0 Å². The molecule has 0 saturated carbocycles. The normalized spacial score (nSPS) is 10.6. The Morgan fingerprint density at radius 3 is 2.79 bits per heavy atom. The maximum Gasteiger partial charge on any atom is 0.259 e. The molecule has 0 aliphatic heterocycles. The third-order valence-electron chi connectivity index (χ3n) is 2.78. The van der Waals surface area contributed by atoms with Gasteiger partial charge in [-0.15, -0.1) is 0 Å². The highest BCUT2D eigenvalue weighted by atomic mass is 127. The van der Waals surface area contributed by atoms with Crippen LogP contribution >= 0.6 is 22.6 Å². The van der Waals surface area contributed by atoms with Gasteiger partial charge in [-0.25, -0.2) is 4.98 Å². The molecule has 4 nitrogen and oxygen atoms in total. The molecular formula is C14H10IN3O. The lowest BCUT2D eigenvalue weighted by Gasteiger charge is -2.05. The predicted octanol–water partition coefficient (Wildman–Crippen LogP) is 3.19. The molecule has 3 aromatic rings. The van der Waals surface area contributed by atoms with Crippen LogP contribution in [-0.2, 0) is 0 Å². The number of pyridine rings is 1. The zero-order valence-corrected chi connectivity index (χ0v) is 12.0. The van der Waals surface area contributed by atoms with Crippen molar-refractivity contribution in [1.82, 2.24) is 9.38 Å². The van der Waals surface area contributed by atoms with Gasteiger partial charge in [0.05, 0.1) is 17.3 Å². The van der Waals surface area contributed by atoms with Gasteiger partial charge in [0.2, 0.25) is 5.95 Å². The molecule has 1 aromatic carbocycles. The van der Waals surface area contributed by atoms with Crippen LogP contribution in [-0.4, -0.2) is 15.3 Å². The number of anilines is 1. The molecule has 5 heteroatoms. The van der Waals surface area contributed by atoms with Gasteiger partial charge >= 0.3 is 0 Å². The zero-order chi connectivity index (χ0) is 13.2. The van der Waals surface area contributed by atoms with E-state index in [-0.39, 0.29) is 5.91 Å². The van der Waals surface area contributed by atoms with E-state index >= 15 is 0 Å². The van der Waals surface area contributed by atoms with E-state index in [4.69, 9.17) is 0 Å². The number of aromatic nitrogens is 2. The highest BCUT2D eigenvalue weighted by Crippen LogP contribution is 2.15. The molecule has 0 radical (unpaired) electrons. The average molecular weight is 363 g/mol. The molecule has 0 unspecified atom stereocenters. The lowest BCUT2D eigenvalue weighted by atomic mass is 10.2. The number of hydrogen-bond donors (Lipinski definition) is 1. The molecule has 1 N–H and O–H groups in total. The molecule has 2 heterocycles. The molecular weight excluding hydrogens is 353 g/mol. The van der Waals surface area contributed by atoms with Crippen LogP contribution in [0.2, 0.25) is 0 Å². The third-order valence-corrected chi connectivity index (χ3v) is 3.72. The summed E-state index contributed by atoms with van der Waals surface area (Å²) < 4.78 is 2.76. The maximum atomic E-state index is 12.2. The topological polar surface area (TPSA) is 46.4 Å². The second-order valence-corrected chi connectivity index (χ2v) is 5.17. The maximum absolute atomic E-state index is 12.2. The lowest BCUT2D eigenvalue weighted by Crippen LogP contribution is -2.15. The van der Waals surface area contributed by atoms with Gasteiger partial charge in [-0.2, -0.15) is 0 Å². The van der Waals surface area contributed by atoms with Crippen molar-refractivity contribution >= 4 is 40.0 Å². The molecule has 0 atom stereocenters. The highest BCUT2D eigenvalue weighted by Gasteiger charge is 2.12. The summed E-state index contributed by atoms with van der Waals surface area (Å²) in [6.45, 7) is 0. The molecule has 0 aliphatic carbocycles. The number of rotatable bonds is 2. The zero-order valence-electron chi connectivity index (χ0n) is 9.88. The number of carbonyl (C=O) groups is 1. The number of hydrogen-bond acceptors (Lipinski definition) is 2. The molecule has 0 bridgehead atoms. The van der Waals surface area contributed by atoms with Crippen molar-refractivity contribution in [3.05, 3.63) is 64.0 Å². The Morgan fingerprint density at radius 2 is 1.95 bits per heavy atom. The molecule has 94 valence electrons. The van der Waals surface area contributed by atoms with Crippen molar-refractivity contribution < 1.29 is 4.79 Å². The number of amides is 1. The van der Waals surface area contributed by atoms with Gasteiger partial charge < -0.3 is 0 Å². The third kappa shape index (κ3) is 2.33. The Labute approximate surface area is 123 Å². The van der Waals surface area contributed by atoms with E-state index in [1.54, 1.807) is 12.3 Å². The van der Waals surface area contributed by atoms with Gasteiger partial charge in [-0.3, -0.25) is 14.5 Å². The van der Waals surface area contributed by atoms with Crippen LogP contribution in [0.5, 0.6) is 0 Å². The minimum atomic E-state index is -0.152. The van der Waals surface area contributed by atoms with Gasteiger partial charge in [0.15, 0.2) is 0 Å². The summed E-state index contributed by atoms with van der Waals surface area (Å²) in [7, 11) is 0. The fourth-order valence-electron chi connectivity index (χ4n) is 1.85. The number of nitrogens with one attached hydrogen (secondary N) is 1.